The van der Waals surface area contributed by atoms with Crippen molar-refractivity contribution in [2.75, 3.05) is 0 Å². The molecule has 0 spiro atoms. The van der Waals surface area contributed by atoms with Crippen molar-refractivity contribution in [2.45, 2.75) is 25.7 Å². The van der Waals surface area contributed by atoms with Crippen LogP contribution in [0.1, 0.15) is 25.7 Å². The van der Waals surface area contributed by atoms with E-state index in [4.69, 9.17) is 10.8 Å². The summed E-state index contributed by atoms with van der Waals surface area (Å²) in [6.07, 6.45) is 3.10. The maximum atomic E-state index is 11.0. The van der Waals surface area contributed by atoms with Crippen LogP contribution in [-0.4, -0.2) is 17.0 Å². The Morgan fingerprint density at radius 2 is 1.43 bits per heavy atom. The van der Waals surface area contributed by atoms with E-state index in [-0.39, 0.29) is 17.7 Å². The van der Waals surface area contributed by atoms with Gasteiger partial charge in [0, 0.05) is 5.92 Å². The number of rotatable bonds is 2. The molecule has 2 unspecified atom stereocenters. The van der Waals surface area contributed by atoms with Crippen LogP contribution in [0.5, 0.6) is 0 Å². The van der Waals surface area contributed by atoms with Crippen molar-refractivity contribution in [1.29, 1.82) is 0 Å². The van der Waals surface area contributed by atoms with Gasteiger partial charge >= 0.3 is 5.97 Å². The van der Waals surface area contributed by atoms with E-state index in [1.807, 2.05) is 0 Å². The Hall–Kier alpha value is -1.06. The van der Waals surface area contributed by atoms with E-state index in [2.05, 4.69) is 0 Å². The second kappa shape index (κ2) is 3.26. The number of primary amides is 1. The van der Waals surface area contributed by atoms with Gasteiger partial charge in [0.2, 0.25) is 5.91 Å². The van der Waals surface area contributed by atoms with Crippen LogP contribution in [0.2, 0.25) is 0 Å². The molecule has 0 bridgehead atoms. The molecule has 1 amide bonds. The SMILES string of the molecule is NC(=O)C1CC2CC(C(=O)O)CC2C1. The number of amides is 1. The molecular formula is C10H15NO3. The zero-order valence-electron chi connectivity index (χ0n) is 7.98. The number of nitrogens with two attached hydrogens (primary N) is 1. The maximum absolute atomic E-state index is 11.0. The van der Waals surface area contributed by atoms with Gasteiger partial charge in [-0.25, -0.2) is 0 Å². The molecule has 0 aromatic heterocycles. The Morgan fingerprint density at radius 3 is 1.79 bits per heavy atom. The molecule has 2 saturated carbocycles. The first-order chi connectivity index (χ1) is 6.58. The molecule has 2 atom stereocenters. The van der Waals surface area contributed by atoms with Gasteiger partial charge in [-0.1, -0.05) is 0 Å². The van der Waals surface area contributed by atoms with Gasteiger partial charge in [-0.2, -0.15) is 0 Å². The van der Waals surface area contributed by atoms with Gasteiger partial charge in [0.15, 0.2) is 0 Å². The summed E-state index contributed by atoms with van der Waals surface area (Å²) in [5.74, 6) is -0.234. The average molecular weight is 197 g/mol. The average Bonchev–Trinajstić information content (AvgIpc) is 2.57. The van der Waals surface area contributed by atoms with Crippen molar-refractivity contribution >= 4 is 11.9 Å². The third-order valence-corrected chi connectivity index (χ3v) is 3.77. The van der Waals surface area contributed by atoms with E-state index < -0.39 is 5.97 Å². The smallest absolute Gasteiger partial charge is 0.306 e. The fourth-order valence-electron chi connectivity index (χ4n) is 3.05. The first kappa shape index (κ1) is 9.49. The third kappa shape index (κ3) is 1.49. The van der Waals surface area contributed by atoms with Gasteiger partial charge in [-0.3, -0.25) is 9.59 Å². The summed E-state index contributed by atoms with van der Waals surface area (Å²) >= 11 is 0. The Kier molecular flexibility index (Phi) is 2.21. The molecule has 0 heterocycles. The second-order valence-corrected chi connectivity index (χ2v) is 4.60. The monoisotopic (exact) mass is 197 g/mol. The first-order valence-corrected chi connectivity index (χ1v) is 5.10. The summed E-state index contributed by atoms with van der Waals surface area (Å²) in [5.41, 5.74) is 5.24. The summed E-state index contributed by atoms with van der Waals surface area (Å²) in [5, 5.41) is 8.85. The molecular weight excluding hydrogens is 182 g/mol. The molecule has 2 fully saturated rings. The Bertz CT molecular complexity index is 237. The van der Waals surface area contributed by atoms with Crippen LogP contribution < -0.4 is 5.73 Å². The van der Waals surface area contributed by atoms with E-state index in [1.165, 1.54) is 0 Å². The summed E-state index contributed by atoms with van der Waals surface area (Å²) in [7, 11) is 0. The molecule has 2 rings (SSSR count). The number of hydrogen-bond donors (Lipinski definition) is 2. The molecule has 0 aromatic carbocycles. The largest absolute Gasteiger partial charge is 0.481 e. The van der Waals surface area contributed by atoms with Gasteiger partial charge in [0.1, 0.15) is 0 Å². The summed E-state index contributed by atoms with van der Waals surface area (Å²) in [6.45, 7) is 0. The Labute approximate surface area is 82.5 Å². The minimum atomic E-state index is -0.685. The number of fused-ring (bicyclic) bond motifs is 1. The van der Waals surface area contributed by atoms with Gasteiger partial charge in [0.25, 0.3) is 0 Å². The molecule has 0 saturated heterocycles. The van der Waals surface area contributed by atoms with E-state index in [1.54, 1.807) is 0 Å². The van der Waals surface area contributed by atoms with Crippen LogP contribution in [0.25, 0.3) is 0 Å². The minimum absolute atomic E-state index is 0.000236. The van der Waals surface area contributed by atoms with Crippen LogP contribution in [-0.2, 0) is 9.59 Å². The molecule has 0 aromatic rings. The van der Waals surface area contributed by atoms with E-state index in [0.717, 1.165) is 25.7 Å². The van der Waals surface area contributed by atoms with Gasteiger partial charge in [0.05, 0.1) is 5.92 Å². The van der Waals surface area contributed by atoms with Crippen LogP contribution in [0, 0.1) is 23.7 Å². The van der Waals surface area contributed by atoms with Crippen LogP contribution >= 0.6 is 0 Å². The van der Waals surface area contributed by atoms with Gasteiger partial charge in [-0.15, -0.1) is 0 Å². The lowest BCUT2D eigenvalue weighted by molar-refractivity contribution is -0.141. The lowest BCUT2D eigenvalue weighted by Gasteiger charge is -2.08. The van der Waals surface area contributed by atoms with Crippen molar-refractivity contribution in [3.8, 4) is 0 Å². The zero-order chi connectivity index (χ0) is 10.3. The van der Waals surface area contributed by atoms with Crippen molar-refractivity contribution in [3.63, 3.8) is 0 Å². The highest BCUT2D eigenvalue weighted by molar-refractivity contribution is 5.77. The quantitative estimate of drug-likeness (QED) is 0.680. The Balaban J connectivity index is 1.96. The normalized spacial score (nSPS) is 40.9. The number of carbonyl (C=O) groups is 2. The zero-order valence-corrected chi connectivity index (χ0v) is 7.98. The number of carboxylic acid groups (broad SMARTS) is 1. The second-order valence-electron chi connectivity index (χ2n) is 4.60. The van der Waals surface area contributed by atoms with Crippen molar-refractivity contribution in [1.82, 2.24) is 0 Å². The topological polar surface area (TPSA) is 80.4 Å². The lowest BCUT2D eigenvalue weighted by Crippen LogP contribution is -2.22. The highest BCUT2D eigenvalue weighted by Gasteiger charge is 2.45. The fourth-order valence-corrected chi connectivity index (χ4v) is 3.05. The predicted molar refractivity (Wildman–Crippen MR) is 49.3 cm³/mol. The molecule has 78 valence electrons. The molecule has 2 aliphatic rings. The Morgan fingerprint density at radius 1 is 1.00 bits per heavy atom. The molecule has 4 heteroatoms. The number of carbonyl (C=O) groups excluding carboxylic acids is 1. The number of aliphatic carboxylic acids is 1. The maximum Gasteiger partial charge on any atom is 0.306 e. The van der Waals surface area contributed by atoms with E-state index >= 15 is 0 Å². The van der Waals surface area contributed by atoms with Gasteiger partial charge < -0.3 is 10.8 Å². The fraction of sp³-hybridized carbons (Fsp3) is 0.800. The highest BCUT2D eigenvalue weighted by atomic mass is 16.4. The summed E-state index contributed by atoms with van der Waals surface area (Å²) in [6, 6.07) is 0. The molecule has 14 heavy (non-hydrogen) atoms. The molecule has 3 N–H and O–H groups in total. The van der Waals surface area contributed by atoms with Crippen molar-refractivity contribution in [2.24, 2.45) is 29.4 Å². The van der Waals surface area contributed by atoms with Crippen molar-refractivity contribution < 1.29 is 14.7 Å². The van der Waals surface area contributed by atoms with Crippen LogP contribution in [0.4, 0.5) is 0 Å². The predicted octanol–water partition coefficient (Wildman–Crippen LogP) is 0.609. The third-order valence-electron chi connectivity index (χ3n) is 3.77. The minimum Gasteiger partial charge on any atom is -0.481 e. The standard InChI is InChI=1S/C10H15NO3/c11-9(12)7-1-5-3-8(10(13)14)4-6(5)2-7/h5-8H,1-4H2,(H2,11,12)(H,13,14). The van der Waals surface area contributed by atoms with E-state index in [9.17, 15) is 9.59 Å². The lowest BCUT2D eigenvalue weighted by atomic mass is 9.98. The molecule has 0 radical (unpaired) electrons. The number of hydrogen-bond acceptors (Lipinski definition) is 2. The highest BCUT2D eigenvalue weighted by Crippen LogP contribution is 2.49. The van der Waals surface area contributed by atoms with Crippen LogP contribution in [0.3, 0.4) is 0 Å². The van der Waals surface area contributed by atoms with Crippen LogP contribution in [0.15, 0.2) is 0 Å². The molecule has 2 aliphatic carbocycles. The molecule has 4 nitrogen and oxygen atoms in total. The first-order valence-electron chi connectivity index (χ1n) is 5.10. The van der Waals surface area contributed by atoms with Gasteiger partial charge in [-0.05, 0) is 37.5 Å². The summed E-state index contributed by atoms with van der Waals surface area (Å²) < 4.78 is 0. The summed E-state index contributed by atoms with van der Waals surface area (Å²) in [4.78, 5) is 21.7. The van der Waals surface area contributed by atoms with Crippen molar-refractivity contribution in [3.05, 3.63) is 0 Å². The number of carboxylic acids is 1. The molecule has 0 aliphatic heterocycles. The van der Waals surface area contributed by atoms with E-state index in [0.29, 0.717) is 11.8 Å².